The zero-order valence-electron chi connectivity index (χ0n) is 11.4. The van der Waals surface area contributed by atoms with Gasteiger partial charge < -0.3 is 14.2 Å². The highest BCUT2D eigenvalue weighted by Crippen LogP contribution is 2.38. The van der Waals surface area contributed by atoms with E-state index in [1.165, 1.54) is 18.1 Å². The van der Waals surface area contributed by atoms with Gasteiger partial charge in [0.05, 0.1) is 19.6 Å². The van der Waals surface area contributed by atoms with Crippen molar-refractivity contribution in [2.45, 2.75) is 19.6 Å². The summed E-state index contributed by atoms with van der Waals surface area (Å²) in [5, 5.41) is 8.99. The number of nitriles is 1. The molecule has 1 saturated heterocycles. The Morgan fingerprint density at radius 2 is 2.35 bits per heavy atom. The predicted molar refractivity (Wildman–Crippen MR) is 65.9 cm³/mol. The van der Waals surface area contributed by atoms with Crippen molar-refractivity contribution in [3.63, 3.8) is 0 Å². The number of rotatable bonds is 2. The molecule has 0 aromatic carbocycles. The second-order valence-electron chi connectivity index (χ2n) is 4.54. The number of ether oxygens (including phenoxy) is 3. The Balaban J connectivity index is 2.25. The highest BCUT2D eigenvalue weighted by molar-refractivity contribution is 5.76. The van der Waals surface area contributed by atoms with Crippen LogP contribution in [0.15, 0.2) is 11.8 Å². The number of fused-ring (bicyclic) bond motifs is 1. The second kappa shape index (κ2) is 5.82. The number of hydrogen-bond acceptors (Lipinski definition) is 6. The van der Waals surface area contributed by atoms with Crippen LogP contribution in [-0.2, 0) is 19.0 Å². The molecule has 1 amide bonds. The zero-order chi connectivity index (χ0) is 14.7. The number of methoxy groups -OCH3 is 1. The van der Waals surface area contributed by atoms with Gasteiger partial charge in [0.15, 0.2) is 12.0 Å². The maximum Gasteiger partial charge on any atom is 0.412 e. The number of likely N-dealkylation sites (tertiary alicyclic amines) is 1. The second-order valence-corrected chi connectivity index (χ2v) is 4.54. The highest BCUT2D eigenvalue weighted by atomic mass is 16.6. The summed E-state index contributed by atoms with van der Waals surface area (Å²) in [5.41, 5.74) is 0. The van der Waals surface area contributed by atoms with E-state index in [1.807, 2.05) is 6.07 Å². The third-order valence-corrected chi connectivity index (χ3v) is 3.49. The summed E-state index contributed by atoms with van der Waals surface area (Å²) in [4.78, 5) is 25.0. The van der Waals surface area contributed by atoms with Gasteiger partial charge in [0.25, 0.3) is 0 Å². The van der Waals surface area contributed by atoms with Crippen molar-refractivity contribution < 1.29 is 23.8 Å². The van der Waals surface area contributed by atoms with E-state index >= 15 is 0 Å². The van der Waals surface area contributed by atoms with E-state index in [2.05, 4.69) is 4.74 Å². The number of esters is 1. The van der Waals surface area contributed by atoms with Crippen LogP contribution in [-0.4, -0.2) is 43.5 Å². The normalized spacial score (nSPS) is 27.8. The first-order valence-electron chi connectivity index (χ1n) is 6.42. The molecule has 7 nitrogen and oxygen atoms in total. The molecule has 0 unspecified atom stereocenters. The molecule has 2 aliphatic rings. The lowest BCUT2D eigenvalue weighted by Gasteiger charge is -2.33. The van der Waals surface area contributed by atoms with E-state index in [0.717, 1.165) is 0 Å². The minimum Gasteiger partial charge on any atom is -0.466 e. The average molecular weight is 280 g/mol. The molecule has 0 aromatic heterocycles. The number of nitrogens with zero attached hydrogens (tertiary/aromatic N) is 2. The Labute approximate surface area is 116 Å². The molecule has 1 fully saturated rings. The highest BCUT2D eigenvalue weighted by Gasteiger charge is 2.48. The topological polar surface area (TPSA) is 88.9 Å². The number of allylic oxidation sites excluding steroid dienone is 1. The van der Waals surface area contributed by atoms with Gasteiger partial charge in [0.2, 0.25) is 0 Å². The van der Waals surface area contributed by atoms with Gasteiger partial charge in [-0.1, -0.05) is 0 Å². The fraction of sp³-hybridized carbons (Fsp3) is 0.615. The van der Waals surface area contributed by atoms with Gasteiger partial charge in [-0.3, -0.25) is 9.69 Å². The average Bonchev–Trinajstić information content (AvgIpc) is 2.89. The maximum atomic E-state index is 12.0. The summed E-state index contributed by atoms with van der Waals surface area (Å²) in [6.45, 7) is 2.41. The fourth-order valence-corrected chi connectivity index (χ4v) is 2.61. The first-order valence-corrected chi connectivity index (χ1v) is 6.42. The molecule has 20 heavy (non-hydrogen) atoms. The summed E-state index contributed by atoms with van der Waals surface area (Å²) in [6.07, 6.45) is 0.883. The molecule has 0 N–H and O–H groups in total. The van der Waals surface area contributed by atoms with Crippen molar-refractivity contribution in [1.29, 1.82) is 5.26 Å². The number of carbonyl (C=O) groups is 2. The first kappa shape index (κ1) is 14.2. The predicted octanol–water partition coefficient (Wildman–Crippen LogP) is 1.02. The van der Waals surface area contributed by atoms with Crippen molar-refractivity contribution in [3.8, 4) is 6.07 Å². The quantitative estimate of drug-likeness (QED) is 0.701. The van der Waals surface area contributed by atoms with Crippen LogP contribution >= 0.6 is 0 Å². The van der Waals surface area contributed by atoms with E-state index < -0.39 is 24.2 Å². The number of carbonyl (C=O) groups excluding carboxylic acids is 2. The smallest absolute Gasteiger partial charge is 0.412 e. The van der Waals surface area contributed by atoms with Crippen molar-refractivity contribution in [3.05, 3.63) is 11.8 Å². The molecule has 7 heteroatoms. The van der Waals surface area contributed by atoms with Crippen molar-refractivity contribution in [1.82, 2.24) is 4.90 Å². The van der Waals surface area contributed by atoms with Gasteiger partial charge in [-0.15, -0.1) is 0 Å². The first-order chi connectivity index (χ1) is 9.62. The summed E-state index contributed by atoms with van der Waals surface area (Å²) in [5.74, 6) is -1.16. The van der Waals surface area contributed by atoms with E-state index in [-0.39, 0.29) is 18.3 Å². The van der Waals surface area contributed by atoms with Crippen LogP contribution in [0.4, 0.5) is 4.79 Å². The Bertz CT molecular complexity index is 482. The van der Waals surface area contributed by atoms with E-state index in [0.29, 0.717) is 13.0 Å². The summed E-state index contributed by atoms with van der Waals surface area (Å²) in [7, 11) is 1.28. The third kappa shape index (κ3) is 2.41. The van der Waals surface area contributed by atoms with E-state index in [1.54, 1.807) is 6.92 Å². The van der Waals surface area contributed by atoms with Gasteiger partial charge in [-0.2, -0.15) is 5.26 Å². The third-order valence-electron chi connectivity index (χ3n) is 3.49. The Morgan fingerprint density at radius 1 is 1.60 bits per heavy atom. The molecule has 2 rings (SSSR count). The molecule has 2 aliphatic heterocycles. The Hall–Kier alpha value is -2.23. The van der Waals surface area contributed by atoms with E-state index in [4.69, 9.17) is 14.7 Å². The largest absolute Gasteiger partial charge is 0.466 e. The summed E-state index contributed by atoms with van der Waals surface area (Å²) < 4.78 is 15.2. The molecule has 0 aromatic rings. The fourth-order valence-electron chi connectivity index (χ4n) is 2.61. The molecule has 3 atom stereocenters. The molecule has 0 aliphatic carbocycles. The molecule has 108 valence electrons. The lowest BCUT2D eigenvalue weighted by atomic mass is 9.88. The van der Waals surface area contributed by atoms with Gasteiger partial charge in [0, 0.05) is 12.5 Å². The lowest BCUT2D eigenvalue weighted by molar-refractivity contribution is -0.151. The molecule has 0 saturated carbocycles. The Kier molecular flexibility index (Phi) is 4.13. The monoisotopic (exact) mass is 280 g/mol. The van der Waals surface area contributed by atoms with Crippen LogP contribution in [0.3, 0.4) is 0 Å². The maximum absolute atomic E-state index is 12.0. The standard InChI is InChI=1S/C13H16N2O5/c1-3-19-12(16)10-6-8(7-14)20-11-9(10)4-5-15(11)13(17)18-2/h6,9-11H,3-5H2,1-2H3/t9-,10-,11+/m1/s1. The summed E-state index contributed by atoms with van der Waals surface area (Å²) >= 11 is 0. The molecule has 2 heterocycles. The van der Waals surface area contributed by atoms with Gasteiger partial charge >= 0.3 is 12.1 Å². The SMILES string of the molecule is CCOC(=O)[C@@H]1C=C(C#N)O[C@H]2[C@@H]1CCN2C(=O)OC. The van der Waals surface area contributed by atoms with Crippen molar-refractivity contribution >= 4 is 12.1 Å². The molecular formula is C13H16N2O5. The van der Waals surface area contributed by atoms with Crippen molar-refractivity contribution in [2.24, 2.45) is 11.8 Å². The van der Waals surface area contributed by atoms with Crippen LogP contribution in [0.2, 0.25) is 0 Å². The van der Waals surface area contributed by atoms with Crippen LogP contribution in [0, 0.1) is 23.2 Å². The number of amides is 1. The van der Waals surface area contributed by atoms with Crippen LogP contribution in [0.5, 0.6) is 0 Å². The van der Waals surface area contributed by atoms with Crippen molar-refractivity contribution in [2.75, 3.05) is 20.3 Å². The summed E-state index contributed by atoms with van der Waals surface area (Å²) in [6, 6.07) is 1.87. The van der Waals surface area contributed by atoms with Crippen LogP contribution in [0.1, 0.15) is 13.3 Å². The van der Waals surface area contributed by atoms with Crippen LogP contribution in [0.25, 0.3) is 0 Å². The minimum absolute atomic E-state index is 0.0279. The van der Waals surface area contributed by atoms with E-state index in [9.17, 15) is 9.59 Å². The zero-order valence-corrected chi connectivity index (χ0v) is 11.4. The Morgan fingerprint density at radius 3 is 2.95 bits per heavy atom. The lowest BCUT2D eigenvalue weighted by Crippen LogP contribution is -2.44. The minimum atomic E-state index is -0.656. The molecular weight excluding hydrogens is 264 g/mol. The molecule has 0 bridgehead atoms. The van der Waals surface area contributed by atoms with Gasteiger partial charge in [-0.05, 0) is 19.4 Å². The molecule has 0 spiro atoms. The van der Waals surface area contributed by atoms with Crippen LogP contribution < -0.4 is 0 Å². The van der Waals surface area contributed by atoms with Gasteiger partial charge in [-0.25, -0.2) is 4.79 Å². The molecule has 0 radical (unpaired) electrons. The van der Waals surface area contributed by atoms with Gasteiger partial charge in [0.1, 0.15) is 6.07 Å². The number of hydrogen-bond donors (Lipinski definition) is 0.